The average Bonchev–Trinajstić information content (AvgIpc) is 2.74. The molecule has 1 aliphatic rings. The number of piperazine rings is 1. The number of hydrogen-bond donors (Lipinski definition) is 1. The normalized spacial score (nSPS) is 20.8. The van der Waals surface area contributed by atoms with Crippen molar-refractivity contribution in [2.45, 2.75) is 59.7 Å². The van der Waals surface area contributed by atoms with E-state index in [1.807, 2.05) is 23.4 Å². The molecule has 2 heterocycles. The van der Waals surface area contributed by atoms with Gasteiger partial charge >= 0.3 is 0 Å². The van der Waals surface area contributed by atoms with Crippen LogP contribution in [0.3, 0.4) is 0 Å². The maximum Gasteiger partial charge on any atom is 0.227 e. The summed E-state index contributed by atoms with van der Waals surface area (Å²) in [4.78, 5) is 16.9. The van der Waals surface area contributed by atoms with E-state index in [-0.39, 0.29) is 18.1 Å². The second kappa shape index (κ2) is 7.45. The van der Waals surface area contributed by atoms with E-state index in [4.69, 9.17) is 0 Å². The lowest BCUT2D eigenvalue weighted by molar-refractivity contribution is -0.135. The lowest BCUT2D eigenvalue weighted by atomic mass is 10.1. The molecule has 2 unspecified atom stereocenters. The fourth-order valence-corrected chi connectivity index (χ4v) is 3.49. The van der Waals surface area contributed by atoms with Gasteiger partial charge in [-0.15, -0.1) is 0 Å². The minimum absolute atomic E-state index is 0.177. The first-order valence-corrected chi connectivity index (χ1v) is 8.56. The molecule has 0 saturated carbocycles. The quantitative estimate of drug-likeness (QED) is 0.878. The smallest absolute Gasteiger partial charge is 0.227 e. The second-order valence-electron chi connectivity index (χ2n) is 6.69. The number of aryl methyl sites for hydroxylation is 2. The summed E-state index contributed by atoms with van der Waals surface area (Å²) in [6.45, 7) is 13.8. The molecule has 1 amide bonds. The van der Waals surface area contributed by atoms with Crippen LogP contribution in [0.25, 0.3) is 0 Å². The molecule has 1 saturated heterocycles. The van der Waals surface area contributed by atoms with E-state index < -0.39 is 0 Å². The van der Waals surface area contributed by atoms with E-state index in [1.165, 1.54) is 0 Å². The van der Waals surface area contributed by atoms with Gasteiger partial charge < -0.3 is 10.0 Å². The molecule has 23 heavy (non-hydrogen) atoms. The molecule has 1 aromatic rings. The van der Waals surface area contributed by atoms with Crippen LogP contribution >= 0.6 is 0 Å². The van der Waals surface area contributed by atoms with Crippen molar-refractivity contribution in [3.63, 3.8) is 0 Å². The highest BCUT2D eigenvalue weighted by Gasteiger charge is 2.28. The summed E-state index contributed by atoms with van der Waals surface area (Å²) in [7, 11) is 0. The topological polar surface area (TPSA) is 61.6 Å². The molecule has 0 radical (unpaired) electrons. The minimum atomic E-state index is -0.324. The molecule has 6 heteroatoms. The molecule has 0 aromatic carbocycles. The van der Waals surface area contributed by atoms with Crippen LogP contribution in [0.1, 0.15) is 37.7 Å². The molecule has 6 nitrogen and oxygen atoms in total. The zero-order chi connectivity index (χ0) is 17.1. The molecule has 0 aliphatic carbocycles. The van der Waals surface area contributed by atoms with Gasteiger partial charge in [0.15, 0.2) is 0 Å². The van der Waals surface area contributed by atoms with Crippen molar-refractivity contribution in [3.05, 3.63) is 17.0 Å². The summed E-state index contributed by atoms with van der Waals surface area (Å²) < 4.78 is 1.96. The SMILES string of the molecule is CCn1nc(C)c(CC(=O)N2CCN(CC(C)O)CC2C)c1C. The molecular weight excluding hydrogens is 292 g/mol. The van der Waals surface area contributed by atoms with E-state index in [9.17, 15) is 9.90 Å². The maximum absolute atomic E-state index is 12.7. The lowest BCUT2D eigenvalue weighted by Gasteiger charge is -2.40. The Hall–Kier alpha value is -1.40. The third-order valence-corrected chi connectivity index (χ3v) is 4.71. The number of amides is 1. The fraction of sp³-hybridized carbons (Fsp3) is 0.765. The molecule has 1 fully saturated rings. The highest BCUT2D eigenvalue weighted by atomic mass is 16.3. The Balaban J connectivity index is 2.00. The Labute approximate surface area is 139 Å². The van der Waals surface area contributed by atoms with Crippen molar-refractivity contribution in [2.75, 3.05) is 26.2 Å². The number of carbonyl (C=O) groups is 1. The van der Waals surface area contributed by atoms with Gasteiger partial charge in [-0.3, -0.25) is 14.4 Å². The van der Waals surface area contributed by atoms with Gasteiger partial charge in [0.2, 0.25) is 5.91 Å². The first kappa shape index (κ1) is 17.9. The monoisotopic (exact) mass is 322 g/mol. The largest absolute Gasteiger partial charge is 0.392 e. The van der Waals surface area contributed by atoms with Crippen LogP contribution in [0.2, 0.25) is 0 Å². The minimum Gasteiger partial charge on any atom is -0.392 e. The van der Waals surface area contributed by atoms with Crippen LogP contribution in [-0.4, -0.2) is 68.9 Å². The molecular formula is C17H30N4O2. The van der Waals surface area contributed by atoms with Crippen molar-refractivity contribution >= 4 is 5.91 Å². The van der Waals surface area contributed by atoms with Crippen molar-refractivity contribution in [2.24, 2.45) is 0 Å². The van der Waals surface area contributed by atoms with Gasteiger partial charge in [0, 0.05) is 50.0 Å². The third kappa shape index (κ3) is 4.12. The first-order valence-electron chi connectivity index (χ1n) is 8.56. The number of aliphatic hydroxyl groups excluding tert-OH is 1. The van der Waals surface area contributed by atoms with Crippen molar-refractivity contribution in [1.29, 1.82) is 0 Å². The number of carbonyl (C=O) groups excluding carboxylic acids is 1. The van der Waals surface area contributed by atoms with E-state index in [0.717, 1.165) is 43.1 Å². The van der Waals surface area contributed by atoms with Crippen LogP contribution < -0.4 is 0 Å². The average molecular weight is 322 g/mol. The molecule has 2 rings (SSSR count). The molecule has 1 N–H and O–H groups in total. The van der Waals surface area contributed by atoms with Crippen LogP contribution in [-0.2, 0) is 17.8 Å². The first-order chi connectivity index (χ1) is 10.8. The van der Waals surface area contributed by atoms with Crippen molar-refractivity contribution < 1.29 is 9.90 Å². The zero-order valence-electron chi connectivity index (χ0n) is 15.0. The Bertz CT molecular complexity index is 553. The molecule has 2 atom stereocenters. The number of nitrogens with zero attached hydrogens (tertiary/aromatic N) is 4. The maximum atomic E-state index is 12.7. The van der Waals surface area contributed by atoms with Crippen molar-refractivity contribution in [1.82, 2.24) is 19.6 Å². The van der Waals surface area contributed by atoms with Crippen molar-refractivity contribution in [3.8, 4) is 0 Å². The van der Waals surface area contributed by atoms with Gasteiger partial charge in [-0.25, -0.2) is 0 Å². The summed E-state index contributed by atoms with van der Waals surface area (Å²) in [6, 6.07) is 0.178. The summed E-state index contributed by atoms with van der Waals surface area (Å²) >= 11 is 0. The van der Waals surface area contributed by atoms with Gasteiger partial charge in [-0.2, -0.15) is 5.10 Å². The summed E-state index contributed by atoms with van der Waals surface area (Å²) in [6.07, 6.45) is 0.105. The second-order valence-corrected chi connectivity index (χ2v) is 6.69. The van der Waals surface area contributed by atoms with Crippen LogP contribution in [0.5, 0.6) is 0 Å². The number of rotatable bonds is 5. The highest BCUT2D eigenvalue weighted by Crippen LogP contribution is 2.17. The van der Waals surface area contributed by atoms with Gasteiger partial charge in [0.25, 0.3) is 0 Å². The van der Waals surface area contributed by atoms with Crippen LogP contribution in [0.15, 0.2) is 0 Å². The molecule has 0 spiro atoms. The number of β-amino-alcohol motifs (C(OH)–C–C–N with tert-alkyl or cyclic N) is 1. The standard InChI is InChI=1S/C17H30N4O2/c1-6-21-15(5)16(14(4)18-21)9-17(23)20-8-7-19(10-12(20)2)11-13(3)22/h12-13,22H,6-11H2,1-5H3. The number of aliphatic hydroxyl groups is 1. The van der Waals surface area contributed by atoms with E-state index >= 15 is 0 Å². The van der Waals surface area contributed by atoms with Gasteiger partial charge in [-0.1, -0.05) is 0 Å². The fourth-order valence-electron chi connectivity index (χ4n) is 3.49. The zero-order valence-corrected chi connectivity index (χ0v) is 15.0. The Kier molecular flexibility index (Phi) is 5.81. The highest BCUT2D eigenvalue weighted by molar-refractivity contribution is 5.79. The molecule has 0 bridgehead atoms. The Morgan fingerprint density at radius 2 is 2.09 bits per heavy atom. The predicted octanol–water partition coefficient (Wildman–Crippen LogP) is 0.976. The predicted molar refractivity (Wildman–Crippen MR) is 90.4 cm³/mol. The summed E-state index contributed by atoms with van der Waals surface area (Å²) in [5.74, 6) is 0.177. The van der Waals surface area contributed by atoms with Crippen LogP contribution in [0, 0.1) is 13.8 Å². The van der Waals surface area contributed by atoms with Gasteiger partial charge in [-0.05, 0) is 34.6 Å². The lowest BCUT2D eigenvalue weighted by Crippen LogP contribution is -2.55. The van der Waals surface area contributed by atoms with Crippen LogP contribution in [0.4, 0.5) is 0 Å². The number of hydrogen-bond acceptors (Lipinski definition) is 4. The van der Waals surface area contributed by atoms with E-state index in [0.29, 0.717) is 13.0 Å². The summed E-state index contributed by atoms with van der Waals surface area (Å²) in [5, 5.41) is 14.0. The third-order valence-electron chi connectivity index (χ3n) is 4.71. The van der Waals surface area contributed by atoms with E-state index in [1.54, 1.807) is 6.92 Å². The molecule has 1 aromatic heterocycles. The number of aromatic nitrogens is 2. The Morgan fingerprint density at radius 1 is 1.39 bits per heavy atom. The van der Waals surface area contributed by atoms with Gasteiger partial charge in [0.1, 0.15) is 0 Å². The Morgan fingerprint density at radius 3 is 2.61 bits per heavy atom. The van der Waals surface area contributed by atoms with Gasteiger partial charge in [0.05, 0.1) is 18.2 Å². The summed E-state index contributed by atoms with van der Waals surface area (Å²) in [5.41, 5.74) is 3.12. The van der Waals surface area contributed by atoms with E-state index in [2.05, 4.69) is 23.8 Å². The molecule has 1 aliphatic heterocycles. The molecule has 130 valence electrons.